The number of aromatic nitrogens is 1. The van der Waals surface area contributed by atoms with Crippen LogP contribution in [0.3, 0.4) is 0 Å². The number of carbonyl (C=O) groups is 2. The molecule has 0 fully saturated rings. The fourth-order valence-electron chi connectivity index (χ4n) is 3.74. The van der Waals surface area contributed by atoms with Gasteiger partial charge >= 0.3 is 12.2 Å². The fraction of sp³-hybridized carbons (Fsp3) is 0.320. The summed E-state index contributed by atoms with van der Waals surface area (Å²) in [4.78, 5) is 29.5. The summed E-state index contributed by atoms with van der Waals surface area (Å²) in [5.41, 5.74) is 2.39. The van der Waals surface area contributed by atoms with Gasteiger partial charge in [0.15, 0.2) is 5.75 Å². The molecule has 0 bridgehead atoms. The standard InChI is InChI=1S/C25H31N3O4Si/c1-7-27(24(29)30)28(8-2)25(31)32-23-21-14-13-19(33(4,5)6)15-18(21)16-26-22(23)20-12-10-9-11-17(20)3/h9-16H,7-8H2,1-6H3,(H,29,30). The van der Waals surface area contributed by atoms with Crippen LogP contribution < -0.4 is 9.92 Å². The molecule has 0 aliphatic heterocycles. The van der Waals surface area contributed by atoms with Gasteiger partial charge in [0, 0.05) is 35.6 Å². The second-order valence-corrected chi connectivity index (χ2v) is 14.0. The van der Waals surface area contributed by atoms with Crippen molar-refractivity contribution in [2.24, 2.45) is 0 Å². The van der Waals surface area contributed by atoms with E-state index in [-0.39, 0.29) is 13.1 Å². The molecule has 0 saturated heterocycles. The van der Waals surface area contributed by atoms with Crippen LogP contribution in [0.5, 0.6) is 5.75 Å². The third-order valence-corrected chi connectivity index (χ3v) is 7.66. The molecule has 0 radical (unpaired) electrons. The van der Waals surface area contributed by atoms with Crippen molar-refractivity contribution >= 4 is 36.2 Å². The van der Waals surface area contributed by atoms with Gasteiger partial charge in [-0.15, -0.1) is 0 Å². The highest BCUT2D eigenvalue weighted by Crippen LogP contribution is 2.36. The highest BCUT2D eigenvalue weighted by atomic mass is 28.3. The summed E-state index contributed by atoms with van der Waals surface area (Å²) in [6, 6.07) is 13.9. The van der Waals surface area contributed by atoms with Crippen molar-refractivity contribution in [3.63, 3.8) is 0 Å². The molecule has 0 saturated carbocycles. The summed E-state index contributed by atoms with van der Waals surface area (Å²) in [5, 5.41) is 14.4. The first kappa shape index (κ1) is 24.3. The molecule has 3 rings (SSSR count). The van der Waals surface area contributed by atoms with E-state index in [1.54, 1.807) is 13.8 Å². The molecule has 7 nitrogen and oxygen atoms in total. The zero-order chi connectivity index (χ0) is 24.3. The van der Waals surface area contributed by atoms with Gasteiger partial charge in [0.05, 0.1) is 8.07 Å². The molecule has 0 spiro atoms. The van der Waals surface area contributed by atoms with E-state index in [2.05, 4.69) is 36.8 Å². The molecule has 1 heterocycles. The third kappa shape index (κ3) is 5.01. The third-order valence-electron chi connectivity index (χ3n) is 5.62. The Kier molecular flexibility index (Phi) is 7.07. The smallest absolute Gasteiger partial charge is 0.434 e. The van der Waals surface area contributed by atoms with Gasteiger partial charge in [0.2, 0.25) is 0 Å². The van der Waals surface area contributed by atoms with Gasteiger partial charge in [-0.3, -0.25) is 4.98 Å². The molecule has 3 aromatic rings. The summed E-state index contributed by atoms with van der Waals surface area (Å²) >= 11 is 0. The van der Waals surface area contributed by atoms with Crippen LogP contribution >= 0.6 is 0 Å². The first-order valence-corrected chi connectivity index (χ1v) is 14.6. The maximum Gasteiger partial charge on any atom is 0.434 e. The molecule has 8 heteroatoms. The Bertz CT molecular complexity index is 1190. The van der Waals surface area contributed by atoms with E-state index in [1.165, 1.54) is 5.19 Å². The predicted molar refractivity (Wildman–Crippen MR) is 134 cm³/mol. The fourth-order valence-corrected chi connectivity index (χ4v) is 4.92. The first-order valence-electron chi connectivity index (χ1n) is 11.1. The second kappa shape index (κ2) is 9.62. The zero-order valence-electron chi connectivity index (χ0n) is 20.0. The van der Waals surface area contributed by atoms with Crippen molar-refractivity contribution < 1.29 is 19.4 Å². The number of fused-ring (bicyclic) bond motifs is 1. The van der Waals surface area contributed by atoms with Gasteiger partial charge < -0.3 is 9.84 Å². The lowest BCUT2D eigenvalue weighted by Crippen LogP contribution is -2.50. The average molecular weight is 466 g/mol. The summed E-state index contributed by atoms with van der Waals surface area (Å²) in [7, 11) is -1.56. The summed E-state index contributed by atoms with van der Waals surface area (Å²) in [5.74, 6) is 0.328. The molecule has 2 amide bonds. The van der Waals surface area contributed by atoms with E-state index >= 15 is 0 Å². The SMILES string of the molecule is CCN(C(=O)O)N(CC)C(=O)Oc1c(-c2ccccc2C)ncc2cc([Si](C)(C)C)ccc12. The molecule has 2 aromatic carbocycles. The molecule has 33 heavy (non-hydrogen) atoms. The Hall–Kier alpha value is -3.39. The van der Waals surface area contributed by atoms with Gasteiger partial charge in [0.25, 0.3) is 0 Å². The van der Waals surface area contributed by atoms with Crippen molar-refractivity contribution in [1.82, 2.24) is 15.0 Å². The van der Waals surface area contributed by atoms with Gasteiger partial charge in [0.1, 0.15) is 5.69 Å². The normalized spacial score (nSPS) is 11.3. The van der Waals surface area contributed by atoms with Crippen LogP contribution in [0, 0.1) is 6.92 Å². The predicted octanol–water partition coefficient (Wildman–Crippen LogP) is 5.49. The average Bonchev–Trinajstić information content (AvgIpc) is 2.76. The molecule has 0 atom stereocenters. The van der Waals surface area contributed by atoms with E-state index in [9.17, 15) is 14.7 Å². The van der Waals surface area contributed by atoms with Crippen LogP contribution in [-0.4, -0.2) is 53.5 Å². The van der Waals surface area contributed by atoms with Gasteiger partial charge in [-0.1, -0.05) is 67.3 Å². The van der Waals surface area contributed by atoms with Gasteiger partial charge in [-0.25, -0.2) is 19.6 Å². The summed E-state index contributed by atoms with van der Waals surface area (Å²) < 4.78 is 5.91. The highest BCUT2D eigenvalue weighted by molar-refractivity contribution is 6.88. The Labute approximate surface area is 195 Å². The zero-order valence-corrected chi connectivity index (χ0v) is 21.0. The monoisotopic (exact) mass is 465 g/mol. The Morgan fingerprint density at radius 1 is 1.03 bits per heavy atom. The minimum Gasteiger partial charge on any atom is -0.464 e. The summed E-state index contributed by atoms with van der Waals surface area (Å²) in [6.07, 6.45) is -0.169. The number of carbonyl (C=O) groups excluding carboxylic acids is 1. The molecular formula is C25H31N3O4Si. The number of aryl methyl sites for hydroxylation is 1. The Balaban J connectivity index is 2.19. The van der Waals surface area contributed by atoms with Crippen LogP contribution in [0.1, 0.15) is 19.4 Å². The molecule has 0 unspecified atom stereocenters. The number of ether oxygens (including phenoxy) is 1. The van der Waals surface area contributed by atoms with Crippen molar-refractivity contribution in [3.05, 3.63) is 54.2 Å². The number of nitrogens with zero attached hydrogens (tertiary/aromatic N) is 3. The number of hydrazine groups is 1. The van der Waals surface area contributed by atoms with E-state index in [1.807, 2.05) is 43.5 Å². The molecule has 0 aliphatic carbocycles. The first-order chi connectivity index (χ1) is 15.6. The van der Waals surface area contributed by atoms with Crippen LogP contribution in [0.4, 0.5) is 9.59 Å². The molecule has 174 valence electrons. The molecule has 1 aromatic heterocycles. The van der Waals surface area contributed by atoms with Gasteiger partial charge in [-0.05, 0) is 26.3 Å². The number of hydrogen-bond acceptors (Lipinski definition) is 4. The van der Waals surface area contributed by atoms with E-state index in [0.717, 1.165) is 31.9 Å². The Morgan fingerprint density at radius 3 is 2.27 bits per heavy atom. The lowest BCUT2D eigenvalue weighted by molar-refractivity contribution is 0.0114. The van der Waals surface area contributed by atoms with Crippen LogP contribution in [-0.2, 0) is 0 Å². The number of pyridine rings is 1. The minimum atomic E-state index is -1.56. The maximum atomic E-state index is 13.2. The number of rotatable bonds is 5. The topological polar surface area (TPSA) is 83.0 Å². The lowest BCUT2D eigenvalue weighted by atomic mass is 10.0. The van der Waals surface area contributed by atoms with E-state index in [0.29, 0.717) is 11.4 Å². The van der Waals surface area contributed by atoms with E-state index < -0.39 is 20.3 Å². The molecular weight excluding hydrogens is 434 g/mol. The second-order valence-electron chi connectivity index (χ2n) is 8.88. The summed E-state index contributed by atoms with van der Waals surface area (Å²) in [6.45, 7) is 12.4. The molecule has 1 N–H and O–H groups in total. The highest BCUT2D eigenvalue weighted by Gasteiger charge is 2.27. The van der Waals surface area contributed by atoms with Crippen molar-refractivity contribution in [2.75, 3.05) is 13.1 Å². The van der Waals surface area contributed by atoms with Crippen LogP contribution in [0.15, 0.2) is 48.7 Å². The lowest BCUT2D eigenvalue weighted by Gasteiger charge is -2.30. The number of carboxylic acid groups (broad SMARTS) is 1. The van der Waals surface area contributed by atoms with Crippen LogP contribution in [0.25, 0.3) is 22.0 Å². The molecule has 0 aliphatic rings. The largest absolute Gasteiger partial charge is 0.464 e. The number of amides is 2. The maximum absolute atomic E-state index is 13.2. The number of benzene rings is 2. The van der Waals surface area contributed by atoms with Crippen molar-refractivity contribution in [2.45, 2.75) is 40.4 Å². The van der Waals surface area contributed by atoms with Crippen LogP contribution in [0.2, 0.25) is 19.6 Å². The minimum absolute atomic E-state index is 0.121. The van der Waals surface area contributed by atoms with E-state index in [4.69, 9.17) is 4.74 Å². The van der Waals surface area contributed by atoms with Crippen molar-refractivity contribution in [1.29, 1.82) is 0 Å². The van der Waals surface area contributed by atoms with Gasteiger partial charge in [-0.2, -0.15) is 0 Å². The quantitative estimate of drug-likeness (QED) is 0.398. The Morgan fingerprint density at radius 2 is 1.70 bits per heavy atom. The number of hydrogen-bond donors (Lipinski definition) is 1. The van der Waals surface area contributed by atoms with Crippen molar-refractivity contribution in [3.8, 4) is 17.0 Å².